The largest absolute Gasteiger partial charge is 0.282 e. The molecule has 1 aromatic heterocycles. The minimum atomic E-state index is -0.641. The number of rotatable bonds is 4. The molecule has 1 aromatic carbocycles. The van der Waals surface area contributed by atoms with Gasteiger partial charge < -0.3 is 0 Å². The van der Waals surface area contributed by atoms with Gasteiger partial charge in [-0.05, 0) is 25.1 Å². The predicted octanol–water partition coefficient (Wildman–Crippen LogP) is 2.14. The fourth-order valence-corrected chi connectivity index (χ4v) is 1.65. The SMILES string of the molecule is C/C(=N/NC(=O)c1ccccc1[N+](=O)[O-])c1ccccn1. The van der Waals surface area contributed by atoms with Crippen molar-refractivity contribution in [3.63, 3.8) is 0 Å². The summed E-state index contributed by atoms with van der Waals surface area (Å²) in [4.78, 5) is 26.3. The van der Waals surface area contributed by atoms with Crippen molar-refractivity contribution in [3.05, 3.63) is 70.0 Å². The zero-order chi connectivity index (χ0) is 15.2. The number of benzene rings is 1. The van der Waals surface area contributed by atoms with Gasteiger partial charge in [0.05, 0.1) is 16.3 Å². The lowest BCUT2D eigenvalue weighted by Crippen LogP contribution is -2.20. The van der Waals surface area contributed by atoms with Gasteiger partial charge in [0.2, 0.25) is 0 Å². The minimum absolute atomic E-state index is 0.0416. The first-order chi connectivity index (χ1) is 10.1. The first-order valence-corrected chi connectivity index (χ1v) is 6.09. The Morgan fingerprint density at radius 3 is 2.62 bits per heavy atom. The smallest absolute Gasteiger partial charge is 0.267 e. The molecule has 1 heterocycles. The Hall–Kier alpha value is -3.09. The van der Waals surface area contributed by atoms with Crippen LogP contribution in [0, 0.1) is 10.1 Å². The van der Waals surface area contributed by atoms with Crippen LogP contribution in [0.2, 0.25) is 0 Å². The van der Waals surface area contributed by atoms with E-state index in [9.17, 15) is 14.9 Å². The lowest BCUT2D eigenvalue weighted by atomic mass is 10.2. The number of para-hydroxylation sites is 1. The van der Waals surface area contributed by atoms with Gasteiger partial charge in [-0.25, -0.2) is 5.43 Å². The molecule has 2 aromatic rings. The zero-order valence-corrected chi connectivity index (χ0v) is 11.2. The van der Waals surface area contributed by atoms with Crippen LogP contribution < -0.4 is 5.43 Å². The number of nitro benzene ring substituents is 1. The number of hydrazone groups is 1. The monoisotopic (exact) mass is 284 g/mol. The van der Waals surface area contributed by atoms with E-state index in [-0.39, 0.29) is 11.3 Å². The van der Waals surface area contributed by atoms with Crippen LogP contribution in [0.5, 0.6) is 0 Å². The molecule has 0 saturated carbocycles. The Morgan fingerprint density at radius 1 is 1.24 bits per heavy atom. The van der Waals surface area contributed by atoms with Crippen molar-refractivity contribution < 1.29 is 9.72 Å². The molecule has 1 amide bonds. The Labute approximate surface area is 120 Å². The first-order valence-electron chi connectivity index (χ1n) is 6.09. The highest BCUT2D eigenvalue weighted by molar-refractivity contribution is 6.01. The van der Waals surface area contributed by atoms with E-state index in [1.54, 1.807) is 37.4 Å². The molecule has 106 valence electrons. The van der Waals surface area contributed by atoms with Gasteiger partial charge in [0, 0.05) is 12.3 Å². The molecular weight excluding hydrogens is 272 g/mol. The maximum absolute atomic E-state index is 12.0. The second-order valence-corrected chi connectivity index (χ2v) is 4.13. The number of carbonyl (C=O) groups is 1. The van der Waals surface area contributed by atoms with Crippen LogP contribution in [0.3, 0.4) is 0 Å². The summed E-state index contributed by atoms with van der Waals surface area (Å²) in [7, 11) is 0. The molecule has 0 aliphatic carbocycles. The van der Waals surface area contributed by atoms with Gasteiger partial charge >= 0.3 is 0 Å². The van der Waals surface area contributed by atoms with E-state index in [4.69, 9.17) is 0 Å². The van der Waals surface area contributed by atoms with Gasteiger partial charge in [-0.1, -0.05) is 18.2 Å². The molecule has 0 unspecified atom stereocenters. The lowest BCUT2D eigenvalue weighted by molar-refractivity contribution is -0.385. The van der Waals surface area contributed by atoms with Crippen LogP contribution in [0.25, 0.3) is 0 Å². The molecule has 0 saturated heterocycles. The summed E-state index contributed by atoms with van der Waals surface area (Å²) in [5.41, 5.74) is 3.11. The van der Waals surface area contributed by atoms with Gasteiger partial charge in [0.1, 0.15) is 5.56 Å². The average molecular weight is 284 g/mol. The zero-order valence-electron chi connectivity index (χ0n) is 11.2. The fourth-order valence-electron chi connectivity index (χ4n) is 1.65. The van der Waals surface area contributed by atoms with Crippen molar-refractivity contribution in [2.24, 2.45) is 5.10 Å². The first kappa shape index (κ1) is 14.3. The Bertz CT molecular complexity index is 698. The van der Waals surface area contributed by atoms with Gasteiger partial charge in [0.25, 0.3) is 11.6 Å². The van der Waals surface area contributed by atoms with Crippen LogP contribution in [-0.4, -0.2) is 21.5 Å². The summed E-state index contributed by atoms with van der Waals surface area (Å²) in [6.45, 7) is 1.68. The molecule has 0 bridgehead atoms. The van der Waals surface area contributed by atoms with E-state index in [2.05, 4.69) is 15.5 Å². The van der Waals surface area contributed by atoms with Crippen LogP contribution >= 0.6 is 0 Å². The maximum atomic E-state index is 12.0. The van der Waals surface area contributed by atoms with Gasteiger partial charge in [0.15, 0.2) is 0 Å². The van der Waals surface area contributed by atoms with Gasteiger partial charge in [-0.2, -0.15) is 5.10 Å². The molecule has 0 aliphatic rings. The highest BCUT2D eigenvalue weighted by Crippen LogP contribution is 2.17. The lowest BCUT2D eigenvalue weighted by Gasteiger charge is -2.03. The van der Waals surface area contributed by atoms with E-state index in [1.165, 1.54) is 18.2 Å². The quantitative estimate of drug-likeness (QED) is 0.528. The molecule has 0 aliphatic heterocycles. The van der Waals surface area contributed by atoms with E-state index in [0.717, 1.165) is 0 Å². The van der Waals surface area contributed by atoms with Crippen LogP contribution in [-0.2, 0) is 0 Å². The summed E-state index contributed by atoms with van der Waals surface area (Å²) in [5, 5.41) is 14.8. The van der Waals surface area contributed by atoms with Crippen molar-refractivity contribution in [1.82, 2.24) is 10.4 Å². The molecule has 0 atom stereocenters. The number of hydrogen-bond donors (Lipinski definition) is 1. The number of amides is 1. The number of carbonyl (C=O) groups excluding carboxylic acids is 1. The molecular formula is C14H12N4O3. The maximum Gasteiger partial charge on any atom is 0.282 e. The van der Waals surface area contributed by atoms with Crippen molar-refractivity contribution >= 4 is 17.3 Å². The Morgan fingerprint density at radius 2 is 1.95 bits per heavy atom. The molecule has 0 spiro atoms. The van der Waals surface area contributed by atoms with Gasteiger partial charge in [-0.3, -0.25) is 19.9 Å². The predicted molar refractivity (Wildman–Crippen MR) is 77.0 cm³/mol. The van der Waals surface area contributed by atoms with E-state index in [1.807, 2.05) is 0 Å². The standard InChI is InChI=1S/C14H12N4O3/c1-10(12-7-4-5-9-15-12)16-17-14(19)11-6-2-3-8-13(11)18(20)21/h2-9H,1H3,(H,17,19)/b16-10-. The number of nitro groups is 1. The minimum Gasteiger partial charge on any atom is -0.267 e. The van der Waals surface area contributed by atoms with Crippen molar-refractivity contribution in [2.75, 3.05) is 0 Å². The van der Waals surface area contributed by atoms with Crippen molar-refractivity contribution in [2.45, 2.75) is 6.92 Å². The summed E-state index contributed by atoms with van der Waals surface area (Å²) < 4.78 is 0. The summed E-state index contributed by atoms with van der Waals surface area (Å²) >= 11 is 0. The van der Waals surface area contributed by atoms with Crippen LogP contribution in [0.4, 0.5) is 5.69 Å². The normalized spacial score (nSPS) is 11.0. The average Bonchev–Trinajstić information content (AvgIpc) is 2.53. The topological polar surface area (TPSA) is 97.5 Å². The molecule has 2 rings (SSSR count). The second kappa shape index (κ2) is 6.38. The summed E-state index contributed by atoms with van der Waals surface area (Å²) in [6, 6.07) is 11.0. The highest BCUT2D eigenvalue weighted by atomic mass is 16.6. The molecule has 1 N–H and O–H groups in total. The van der Waals surface area contributed by atoms with E-state index < -0.39 is 10.8 Å². The molecule has 7 nitrogen and oxygen atoms in total. The third-order valence-electron chi connectivity index (χ3n) is 2.71. The fraction of sp³-hybridized carbons (Fsp3) is 0.0714. The van der Waals surface area contributed by atoms with Crippen LogP contribution in [0.1, 0.15) is 23.0 Å². The third-order valence-corrected chi connectivity index (χ3v) is 2.71. The molecule has 21 heavy (non-hydrogen) atoms. The highest BCUT2D eigenvalue weighted by Gasteiger charge is 2.18. The number of aromatic nitrogens is 1. The van der Waals surface area contributed by atoms with Crippen molar-refractivity contribution in [1.29, 1.82) is 0 Å². The van der Waals surface area contributed by atoms with Crippen LogP contribution in [0.15, 0.2) is 53.8 Å². The molecule has 0 radical (unpaired) electrons. The molecule has 7 heteroatoms. The summed E-state index contributed by atoms with van der Waals surface area (Å²) in [6.07, 6.45) is 1.61. The van der Waals surface area contributed by atoms with E-state index in [0.29, 0.717) is 11.4 Å². The number of hydrogen-bond acceptors (Lipinski definition) is 5. The molecule has 0 fully saturated rings. The Kier molecular flexibility index (Phi) is 4.35. The van der Waals surface area contributed by atoms with Gasteiger partial charge in [-0.15, -0.1) is 0 Å². The summed E-state index contributed by atoms with van der Waals surface area (Å²) in [5.74, 6) is -0.641. The third kappa shape index (κ3) is 3.47. The Balaban J connectivity index is 2.18. The number of nitrogens with one attached hydrogen (secondary N) is 1. The van der Waals surface area contributed by atoms with Crippen molar-refractivity contribution in [3.8, 4) is 0 Å². The number of pyridine rings is 1. The second-order valence-electron chi connectivity index (χ2n) is 4.13. The van der Waals surface area contributed by atoms with E-state index >= 15 is 0 Å². The number of nitrogens with zero attached hydrogens (tertiary/aromatic N) is 3.